The van der Waals surface area contributed by atoms with Crippen LogP contribution >= 0.6 is 0 Å². The average Bonchev–Trinajstić information content (AvgIpc) is 3.03. The lowest BCUT2D eigenvalue weighted by Crippen LogP contribution is -2.59. The summed E-state index contributed by atoms with van der Waals surface area (Å²) < 4.78 is 5.15. The maximum atomic E-state index is 11.0. The summed E-state index contributed by atoms with van der Waals surface area (Å²) in [6.45, 7) is 4.84. The number of carboxylic acid groups (broad SMARTS) is 1. The van der Waals surface area contributed by atoms with Crippen molar-refractivity contribution in [3.63, 3.8) is 0 Å². The quantitative estimate of drug-likeness (QED) is 0.311. The number of fused-ring (bicyclic) bond motifs is 5. The molecule has 0 amide bonds. The van der Waals surface area contributed by atoms with E-state index < -0.39 is 24.0 Å². The molecule has 4 saturated carbocycles. The van der Waals surface area contributed by atoms with E-state index in [-0.39, 0.29) is 11.8 Å². The smallest absolute Gasteiger partial charge is 0.365 e. The van der Waals surface area contributed by atoms with E-state index in [1.807, 2.05) is 0 Å². The zero-order valence-electron chi connectivity index (χ0n) is 19.9. The van der Waals surface area contributed by atoms with Gasteiger partial charge in [0.25, 0.3) is 0 Å². The lowest BCUT2D eigenvalue weighted by molar-refractivity contribution is -0.529. The highest BCUT2D eigenvalue weighted by atomic mass is 16.8. The third-order valence-electron chi connectivity index (χ3n) is 10.5. The van der Waals surface area contributed by atoms with Gasteiger partial charge in [0, 0.05) is 6.42 Å². The minimum atomic E-state index is -3.73. The summed E-state index contributed by atoms with van der Waals surface area (Å²) >= 11 is 0. The SMILES string of the molecule is CC12CCC3C(CCC4CC(OC(O)(O)C(O)(O)O)CCC43C)C1CCC2CCCC(=O)O. The lowest BCUT2D eigenvalue weighted by Gasteiger charge is -2.61. The van der Waals surface area contributed by atoms with Gasteiger partial charge in [-0.2, -0.15) is 0 Å². The van der Waals surface area contributed by atoms with E-state index in [0.717, 1.165) is 32.1 Å². The molecule has 0 bridgehead atoms. The van der Waals surface area contributed by atoms with Crippen LogP contribution in [-0.2, 0) is 9.53 Å². The Morgan fingerprint density at radius 1 is 0.909 bits per heavy atom. The molecular formula is C25H42O8. The first-order valence-corrected chi connectivity index (χ1v) is 12.8. The Labute approximate surface area is 196 Å². The van der Waals surface area contributed by atoms with E-state index in [9.17, 15) is 30.3 Å². The van der Waals surface area contributed by atoms with Crippen LogP contribution in [0.1, 0.15) is 90.9 Å². The van der Waals surface area contributed by atoms with Crippen molar-refractivity contribution in [2.45, 2.75) is 109 Å². The van der Waals surface area contributed by atoms with Gasteiger partial charge in [0.2, 0.25) is 0 Å². The van der Waals surface area contributed by atoms with Crippen molar-refractivity contribution >= 4 is 5.97 Å². The van der Waals surface area contributed by atoms with Crippen LogP contribution in [0.5, 0.6) is 0 Å². The van der Waals surface area contributed by atoms with Gasteiger partial charge in [0.05, 0.1) is 6.10 Å². The molecule has 4 rings (SSSR count). The van der Waals surface area contributed by atoms with Crippen LogP contribution < -0.4 is 0 Å². The van der Waals surface area contributed by atoms with Gasteiger partial charge < -0.3 is 35.4 Å². The van der Waals surface area contributed by atoms with Crippen molar-refractivity contribution in [3.05, 3.63) is 0 Å². The normalized spacial score (nSPS) is 43.5. The number of aliphatic carboxylic acids is 1. The predicted molar refractivity (Wildman–Crippen MR) is 118 cm³/mol. The first-order chi connectivity index (χ1) is 15.3. The number of carbonyl (C=O) groups is 1. The number of rotatable bonds is 7. The maximum absolute atomic E-state index is 11.0. The number of ether oxygens (including phenoxy) is 1. The molecule has 0 aromatic carbocycles. The molecule has 0 aliphatic heterocycles. The third kappa shape index (κ3) is 4.47. The Balaban J connectivity index is 1.42. The Morgan fingerprint density at radius 3 is 2.24 bits per heavy atom. The highest BCUT2D eigenvalue weighted by Gasteiger charge is 2.60. The van der Waals surface area contributed by atoms with Crippen molar-refractivity contribution in [2.24, 2.45) is 40.4 Å². The van der Waals surface area contributed by atoms with E-state index in [2.05, 4.69) is 13.8 Å². The summed E-state index contributed by atoms with van der Waals surface area (Å²) in [6, 6.07) is 0. The fraction of sp³-hybridized carbons (Fsp3) is 0.960. The Morgan fingerprint density at radius 2 is 1.58 bits per heavy atom. The molecule has 0 saturated heterocycles. The molecule has 8 nitrogen and oxygen atoms in total. The van der Waals surface area contributed by atoms with Gasteiger partial charge in [-0.15, -0.1) is 0 Å². The summed E-state index contributed by atoms with van der Waals surface area (Å²) in [5.74, 6) is -4.88. The van der Waals surface area contributed by atoms with Crippen LogP contribution in [0.4, 0.5) is 0 Å². The average molecular weight is 471 g/mol. The second-order valence-electron chi connectivity index (χ2n) is 12.0. The molecule has 8 heteroatoms. The van der Waals surface area contributed by atoms with Crippen LogP contribution in [-0.4, -0.2) is 54.7 Å². The maximum Gasteiger partial charge on any atom is 0.365 e. The zero-order chi connectivity index (χ0) is 24.2. The molecular weight excluding hydrogens is 428 g/mol. The molecule has 4 aliphatic rings. The molecule has 4 aliphatic carbocycles. The predicted octanol–water partition coefficient (Wildman–Crippen LogP) is 2.55. The summed E-state index contributed by atoms with van der Waals surface area (Å²) in [7, 11) is 0. The van der Waals surface area contributed by atoms with E-state index in [0.29, 0.717) is 47.8 Å². The standard InChI is InChI=1S/C25H42O8/c1-22-13-11-20-18(19(22)9-7-15(22)4-3-5-21(26)27)8-6-16-14-17(10-12-23(16,20)2)33-25(31,32)24(28,29)30/h15-20,28-32H,3-14H2,1-2H3,(H,26,27). The van der Waals surface area contributed by atoms with Crippen LogP contribution in [0.25, 0.3) is 0 Å². The fourth-order valence-electron chi connectivity index (χ4n) is 8.72. The van der Waals surface area contributed by atoms with E-state index >= 15 is 0 Å². The van der Waals surface area contributed by atoms with Gasteiger partial charge in [-0.25, -0.2) is 0 Å². The Kier molecular flexibility index (Phi) is 6.69. The molecule has 8 unspecified atom stereocenters. The molecule has 0 heterocycles. The highest BCUT2D eigenvalue weighted by molar-refractivity contribution is 5.66. The van der Waals surface area contributed by atoms with Crippen molar-refractivity contribution < 1.29 is 40.2 Å². The van der Waals surface area contributed by atoms with Crippen molar-refractivity contribution in [2.75, 3.05) is 0 Å². The second-order valence-corrected chi connectivity index (χ2v) is 12.0. The number of hydrogen-bond donors (Lipinski definition) is 6. The summed E-state index contributed by atoms with van der Waals surface area (Å²) in [6.07, 6.45) is 10.6. The first kappa shape index (κ1) is 25.3. The molecule has 190 valence electrons. The Hall–Kier alpha value is -0.770. The van der Waals surface area contributed by atoms with Gasteiger partial charge in [-0.05, 0) is 111 Å². The van der Waals surface area contributed by atoms with E-state index in [4.69, 9.17) is 9.84 Å². The largest absolute Gasteiger partial charge is 0.481 e. The van der Waals surface area contributed by atoms with Crippen LogP contribution in [0.3, 0.4) is 0 Å². The van der Waals surface area contributed by atoms with E-state index in [1.54, 1.807) is 0 Å². The van der Waals surface area contributed by atoms with Gasteiger partial charge >= 0.3 is 17.9 Å². The molecule has 0 radical (unpaired) electrons. The van der Waals surface area contributed by atoms with E-state index in [1.165, 1.54) is 25.7 Å². The highest BCUT2D eigenvalue weighted by Crippen LogP contribution is 2.68. The number of carboxylic acids is 1. The molecule has 8 atom stereocenters. The van der Waals surface area contributed by atoms with Crippen molar-refractivity contribution in [1.82, 2.24) is 0 Å². The van der Waals surface area contributed by atoms with Crippen LogP contribution in [0, 0.1) is 40.4 Å². The Bertz CT molecular complexity index is 732. The first-order valence-electron chi connectivity index (χ1n) is 12.8. The lowest BCUT2D eigenvalue weighted by atomic mass is 9.44. The molecule has 0 aromatic heterocycles. The summed E-state index contributed by atoms with van der Waals surface area (Å²) in [5.41, 5.74) is 0.455. The second kappa shape index (κ2) is 8.71. The molecule has 4 fully saturated rings. The molecule has 6 N–H and O–H groups in total. The molecule has 0 aromatic rings. The monoisotopic (exact) mass is 470 g/mol. The fourth-order valence-corrected chi connectivity index (χ4v) is 8.72. The third-order valence-corrected chi connectivity index (χ3v) is 10.5. The summed E-state index contributed by atoms with van der Waals surface area (Å²) in [4.78, 5) is 11.0. The van der Waals surface area contributed by atoms with Crippen molar-refractivity contribution in [3.8, 4) is 0 Å². The van der Waals surface area contributed by atoms with Gasteiger partial charge in [-0.3, -0.25) is 4.79 Å². The van der Waals surface area contributed by atoms with Crippen LogP contribution in [0.2, 0.25) is 0 Å². The van der Waals surface area contributed by atoms with Gasteiger partial charge in [0.1, 0.15) is 0 Å². The van der Waals surface area contributed by atoms with Crippen molar-refractivity contribution in [1.29, 1.82) is 0 Å². The molecule has 0 spiro atoms. The number of aliphatic hydroxyl groups is 5. The molecule has 33 heavy (non-hydrogen) atoms. The topological polar surface area (TPSA) is 148 Å². The number of hydrogen-bond acceptors (Lipinski definition) is 7. The minimum Gasteiger partial charge on any atom is -0.481 e. The van der Waals surface area contributed by atoms with Gasteiger partial charge in [0.15, 0.2) is 0 Å². The summed E-state index contributed by atoms with van der Waals surface area (Å²) in [5, 5.41) is 56.1. The minimum absolute atomic E-state index is 0.147. The zero-order valence-corrected chi connectivity index (χ0v) is 19.9. The van der Waals surface area contributed by atoms with Crippen LogP contribution in [0.15, 0.2) is 0 Å². The van der Waals surface area contributed by atoms with Gasteiger partial charge in [-0.1, -0.05) is 13.8 Å².